The summed E-state index contributed by atoms with van der Waals surface area (Å²) in [6, 6.07) is 5.56. The molecule has 3 amide bonds. The third-order valence-corrected chi connectivity index (χ3v) is 7.18. The maximum Gasteiger partial charge on any atom is 0.322 e. The fraction of sp³-hybridized carbons (Fsp3) is 0.636. The zero-order valence-corrected chi connectivity index (χ0v) is 16.8. The second kappa shape index (κ2) is 7.47. The molecule has 4 aliphatic carbocycles. The zero-order valence-electron chi connectivity index (χ0n) is 16.8. The van der Waals surface area contributed by atoms with Crippen molar-refractivity contribution in [2.45, 2.75) is 63.6 Å². The molecular formula is C22H31FN3O2+. The van der Waals surface area contributed by atoms with Crippen LogP contribution in [0.15, 0.2) is 24.3 Å². The molecule has 2 atom stereocenters. The van der Waals surface area contributed by atoms with Crippen LogP contribution >= 0.6 is 0 Å². The van der Waals surface area contributed by atoms with E-state index in [-0.39, 0.29) is 29.3 Å². The molecule has 0 spiro atoms. The van der Waals surface area contributed by atoms with Crippen LogP contribution in [-0.4, -0.2) is 30.6 Å². The van der Waals surface area contributed by atoms with Crippen LogP contribution in [0.4, 0.5) is 9.18 Å². The summed E-state index contributed by atoms with van der Waals surface area (Å²) in [7, 11) is 1.91. The average molecular weight is 389 g/mol. The Morgan fingerprint density at radius 1 is 1.11 bits per heavy atom. The number of rotatable bonds is 5. The number of carbonyl (C=O) groups is 2. The number of quaternary nitrogens is 1. The summed E-state index contributed by atoms with van der Waals surface area (Å²) in [5.74, 6) is 1.68. The Morgan fingerprint density at radius 2 is 1.64 bits per heavy atom. The predicted octanol–water partition coefficient (Wildman–Crippen LogP) is 2.02. The van der Waals surface area contributed by atoms with Gasteiger partial charge in [-0.25, -0.2) is 9.18 Å². The Labute approximate surface area is 166 Å². The number of hydrogen-bond acceptors (Lipinski definition) is 2. The Morgan fingerprint density at radius 3 is 2.18 bits per heavy atom. The van der Waals surface area contributed by atoms with E-state index in [0.717, 1.165) is 47.5 Å². The quantitative estimate of drug-likeness (QED) is 0.723. The van der Waals surface area contributed by atoms with E-state index in [1.54, 1.807) is 12.1 Å². The first-order chi connectivity index (χ1) is 13.3. The lowest BCUT2D eigenvalue weighted by Gasteiger charge is -2.56. The molecule has 1 unspecified atom stereocenters. The minimum Gasteiger partial charge on any atom is -0.332 e. The summed E-state index contributed by atoms with van der Waals surface area (Å²) >= 11 is 0. The van der Waals surface area contributed by atoms with Gasteiger partial charge in [0.2, 0.25) is 0 Å². The Balaban J connectivity index is 1.30. The zero-order chi connectivity index (χ0) is 19.9. The highest BCUT2D eigenvalue weighted by Crippen LogP contribution is 2.55. The average Bonchev–Trinajstić information content (AvgIpc) is 2.61. The van der Waals surface area contributed by atoms with Gasteiger partial charge in [0.25, 0.3) is 5.91 Å². The van der Waals surface area contributed by atoms with Gasteiger partial charge in [-0.15, -0.1) is 0 Å². The van der Waals surface area contributed by atoms with Gasteiger partial charge in [-0.05, 0) is 75.3 Å². The maximum absolute atomic E-state index is 13.0. The van der Waals surface area contributed by atoms with Crippen LogP contribution in [0.1, 0.15) is 51.0 Å². The molecule has 0 heterocycles. The SMILES string of the molecule is C[C@@H](C(=O)NC(=O)NC12CC3CC(CC(C3)C1)C2)[NH+](C)Cc1ccc(F)cc1. The molecule has 5 nitrogen and oxygen atoms in total. The van der Waals surface area contributed by atoms with Crippen molar-refractivity contribution in [3.8, 4) is 0 Å². The van der Waals surface area contributed by atoms with Crippen molar-refractivity contribution in [3.05, 3.63) is 35.6 Å². The summed E-state index contributed by atoms with van der Waals surface area (Å²) in [6.07, 6.45) is 7.13. The molecule has 5 rings (SSSR count). The molecular weight excluding hydrogens is 357 g/mol. The first kappa shape index (κ1) is 19.4. The molecule has 152 valence electrons. The van der Waals surface area contributed by atoms with Crippen molar-refractivity contribution >= 4 is 11.9 Å². The monoisotopic (exact) mass is 388 g/mol. The molecule has 3 N–H and O–H groups in total. The van der Waals surface area contributed by atoms with Gasteiger partial charge in [-0.2, -0.15) is 0 Å². The molecule has 0 aromatic heterocycles. The van der Waals surface area contributed by atoms with Crippen LogP contribution in [0.25, 0.3) is 0 Å². The fourth-order valence-corrected chi connectivity index (χ4v) is 6.06. The van der Waals surface area contributed by atoms with Crippen LogP contribution in [0.5, 0.6) is 0 Å². The lowest BCUT2D eigenvalue weighted by Crippen LogP contribution is -3.12. The number of amides is 3. The van der Waals surface area contributed by atoms with Crippen molar-refractivity contribution in [1.29, 1.82) is 0 Å². The molecule has 4 aliphatic rings. The lowest BCUT2D eigenvalue weighted by molar-refractivity contribution is -0.908. The number of nitrogens with one attached hydrogen (secondary N) is 3. The standard InChI is InChI=1S/C22H30FN3O2/c1-14(26(2)13-15-3-5-19(23)6-4-15)20(27)24-21(28)25-22-10-16-7-17(11-22)9-18(8-16)12-22/h3-6,14,16-18H,7-13H2,1-2H3,(H2,24,25,27,28)/p+1/t14-,16?,17?,18?,22?/m0/s1. The van der Waals surface area contributed by atoms with Gasteiger partial charge in [0.05, 0.1) is 7.05 Å². The first-order valence-electron chi connectivity index (χ1n) is 10.5. The summed E-state index contributed by atoms with van der Waals surface area (Å²) in [4.78, 5) is 26.1. The third kappa shape index (κ3) is 4.07. The number of carbonyl (C=O) groups excluding carboxylic acids is 2. The highest BCUT2D eigenvalue weighted by atomic mass is 19.1. The van der Waals surface area contributed by atoms with E-state index in [2.05, 4.69) is 10.6 Å². The third-order valence-electron chi connectivity index (χ3n) is 7.18. The lowest BCUT2D eigenvalue weighted by atomic mass is 9.53. The minimum atomic E-state index is -0.382. The maximum atomic E-state index is 13.0. The molecule has 1 aromatic carbocycles. The largest absolute Gasteiger partial charge is 0.332 e. The highest BCUT2D eigenvalue weighted by molar-refractivity contribution is 5.96. The second-order valence-electron chi connectivity index (χ2n) is 9.51. The molecule has 0 saturated heterocycles. The van der Waals surface area contributed by atoms with Crippen molar-refractivity contribution < 1.29 is 18.9 Å². The molecule has 1 aromatic rings. The van der Waals surface area contributed by atoms with Crippen LogP contribution in [0.2, 0.25) is 0 Å². The van der Waals surface area contributed by atoms with Gasteiger partial charge in [0.1, 0.15) is 12.4 Å². The van der Waals surface area contributed by atoms with Gasteiger partial charge in [0.15, 0.2) is 6.04 Å². The van der Waals surface area contributed by atoms with Crippen molar-refractivity contribution in [2.75, 3.05) is 7.05 Å². The highest BCUT2D eigenvalue weighted by Gasteiger charge is 2.51. The van der Waals surface area contributed by atoms with E-state index < -0.39 is 0 Å². The van der Waals surface area contributed by atoms with Gasteiger partial charge >= 0.3 is 6.03 Å². The van der Waals surface area contributed by atoms with Gasteiger partial charge < -0.3 is 10.2 Å². The van der Waals surface area contributed by atoms with Crippen LogP contribution < -0.4 is 15.5 Å². The molecule has 4 bridgehead atoms. The Bertz CT molecular complexity index is 713. The number of benzene rings is 1. The van der Waals surface area contributed by atoms with Gasteiger partial charge in [0, 0.05) is 11.1 Å². The first-order valence-corrected chi connectivity index (χ1v) is 10.5. The molecule has 0 radical (unpaired) electrons. The molecule has 6 heteroatoms. The summed E-state index contributed by atoms with van der Waals surface area (Å²) in [5, 5.41) is 5.74. The molecule has 0 aliphatic heterocycles. The summed E-state index contributed by atoms with van der Waals surface area (Å²) < 4.78 is 13.0. The minimum absolute atomic E-state index is 0.102. The Kier molecular flexibility index (Phi) is 5.17. The van der Waals surface area contributed by atoms with Crippen LogP contribution in [-0.2, 0) is 11.3 Å². The smallest absolute Gasteiger partial charge is 0.322 e. The van der Waals surface area contributed by atoms with E-state index in [1.165, 1.54) is 31.4 Å². The van der Waals surface area contributed by atoms with Crippen LogP contribution in [0.3, 0.4) is 0 Å². The number of urea groups is 1. The second-order valence-corrected chi connectivity index (χ2v) is 9.51. The molecule has 28 heavy (non-hydrogen) atoms. The van der Waals surface area contributed by atoms with E-state index in [4.69, 9.17) is 0 Å². The number of halogens is 1. The van der Waals surface area contributed by atoms with Crippen molar-refractivity contribution in [3.63, 3.8) is 0 Å². The van der Waals surface area contributed by atoms with E-state index >= 15 is 0 Å². The summed E-state index contributed by atoms with van der Waals surface area (Å²) in [5.41, 5.74) is 0.853. The Hall–Kier alpha value is -1.95. The normalized spacial score (nSPS) is 32.6. The number of hydrogen-bond donors (Lipinski definition) is 3. The molecule has 4 fully saturated rings. The topological polar surface area (TPSA) is 62.6 Å². The predicted molar refractivity (Wildman–Crippen MR) is 104 cm³/mol. The van der Waals surface area contributed by atoms with Gasteiger partial charge in [-0.1, -0.05) is 12.1 Å². The number of imide groups is 1. The summed E-state index contributed by atoms with van der Waals surface area (Å²) in [6.45, 7) is 2.40. The van der Waals surface area contributed by atoms with E-state index in [0.29, 0.717) is 6.54 Å². The van der Waals surface area contributed by atoms with Crippen molar-refractivity contribution in [2.24, 2.45) is 17.8 Å². The van der Waals surface area contributed by atoms with Crippen LogP contribution in [0, 0.1) is 23.6 Å². The van der Waals surface area contributed by atoms with E-state index in [9.17, 15) is 14.0 Å². The fourth-order valence-electron chi connectivity index (χ4n) is 6.06. The van der Waals surface area contributed by atoms with Gasteiger partial charge in [-0.3, -0.25) is 10.1 Å². The van der Waals surface area contributed by atoms with E-state index in [1.807, 2.05) is 14.0 Å². The molecule has 4 saturated carbocycles. The number of likely N-dealkylation sites (N-methyl/N-ethyl adjacent to an activating group) is 1. The van der Waals surface area contributed by atoms with Crippen molar-refractivity contribution in [1.82, 2.24) is 10.6 Å².